The summed E-state index contributed by atoms with van der Waals surface area (Å²) < 4.78 is 68.3. The number of carbonyl (C=O) groups is 4. The third-order valence-electron chi connectivity index (χ3n) is 17.6. The minimum absolute atomic E-state index is 0.107. The molecule has 0 aromatic rings. The van der Waals surface area contributed by atoms with Crippen LogP contribution in [0.4, 0.5) is 0 Å². The number of aliphatic hydroxyl groups is 1. The summed E-state index contributed by atoms with van der Waals surface area (Å²) in [5, 5.41) is 10.6. The van der Waals surface area contributed by atoms with Gasteiger partial charge in [-0.15, -0.1) is 0 Å². The lowest BCUT2D eigenvalue weighted by Gasteiger charge is -2.21. The Hall–Kier alpha value is -1.94. The molecule has 0 saturated heterocycles. The summed E-state index contributed by atoms with van der Waals surface area (Å²) in [6.07, 6.45) is 55.7. The highest BCUT2D eigenvalue weighted by Crippen LogP contribution is 2.45. The summed E-state index contributed by atoms with van der Waals surface area (Å²) in [5.74, 6) is -1.28. The van der Waals surface area contributed by atoms with Crippen molar-refractivity contribution >= 4 is 39.5 Å². The summed E-state index contributed by atoms with van der Waals surface area (Å²) >= 11 is 0. The number of aliphatic hydroxyl groups excluding tert-OH is 1. The zero-order valence-electron chi connectivity index (χ0n) is 60.4. The van der Waals surface area contributed by atoms with Crippen LogP contribution in [0.15, 0.2) is 0 Å². The van der Waals surface area contributed by atoms with Crippen LogP contribution in [0.1, 0.15) is 388 Å². The maximum Gasteiger partial charge on any atom is 0.472 e. The summed E-state index contributed by atoms with van der Waals surface area (Å²) in [4.78, 5) is 72.5. The number of phosphoric ester groups is 2. The predicted octanol–water partition coefficient (Wildman–Crippen LogP) is 21.7. The SMILES string of the molecule is CCCCCCCCCCCCCCCCCCC(=O)OC[C@H](COP(=O)(O)OC[C@@H](O)COP(=O)(O)OC[C@@H](COC(=O)CCCCCCC)OC(=O)CCCCCCCCCCCCCCCC)OC(=O)CCCCCCCCCCCCCCCCC(C)CC. The molecule has 3 N–H and O–H groups in total. The molecular weight excluding hydrogens is 1220 g/mol. The van der Waals surface area contributed by atoms with Crippen LogP contribution in [0.5, 0.6) is 0 Å². The first-order valence-corrected chi connectivity index (χ1v) is 41.7. The minimum Gasteiger partial charge on any atom is -0.462 e. The van der Waals surface area contributed by atoms with Crippen LogP contribution < -0.4 is 0 Å². The van der Waals surface area contributed by atoms with Crippen LogP contribution in [0.25, 0.3) is 0 Å². The average Bonchev–Trinajstić information content (AvgIpc) is 2.84. The number of carbonyl (C=O) groups excluding carboxylic acids is 4. The molecular formula is C74H144O17P2. The molecule has 0 spiro atoms. The number of phosphoric acid groups is 2. The predicted molar refractivity (Wildman–Crippen MR) is 377 cm³/mol. The van der Waals surface area contributed by atoms with Gasteiger partial charge < -0.3 is 33.8 Å². The number of hydrogen-bond donors (Lipinski definition) is 3. The molecule has 19 heteroatoms. The smallest absolute Gasteiger partial charge is 0.462 e. The highest BCUT2D eigenvalue weighted by Gasteiger charge is 2.30. The van der Waals surface area contributed by atoms with Gasteiger partial charge in [0.05, 0.1) is 26.4 Å². The molecule has 0 radical (unpaired) electrons. The van der Waals surface area contributed by atoms with Gasteiger partial charge in [-0.25, -0.2) is 9.13 Å². The molecule has 17 nitrogen and oxygen atoms in total. The van der Waals surface area contributed by atoms with Crippen LogP contribution in [-0.4, -0.2) is 96.7 Å². The first-order chi connectivity index (χ1) is 45.1. The fourth-order valence-corrected chi connectivity index (χ4v) is 12.9. The Morgan fingerprint density at radius 3 is 0.763 bits per heavy atom. The van der Waals surface area contributed by atoms with Crippen LogP contribution in [-0.2, 0) is 65.4 Å². The van der Waals surface area contributed by atoms with Crippen molar-refractivity contribution in [2.45, 2.75) is 406 Å². The molecule has 0 amide bonds. The van der Waals surface area contributed by atoms with E-state index in [0.717, 1.165) is 102 Å². The fourth-order valence-electron chi connectivity index (χ4n) is 11.3. The molecule has 0 heterocycles. The Balaban J connectivity index is 5.15. The van der Waals surface area contributed by atoms with Gasteiger partial charge in [0.25, 0.3) is 0 Å². The number of ether oxygens (including phenoxy) is 4. The zero-order chi connectivity index (χ0) is 68.4. The Labute approximate surface area is 568 Å². The molecule has 0 saturated carbocycles. The first-order valence-electron chi connectivity index (χ1n) is 38.7. The minimum atomic E-state index is -4.95. The highest BCUT2D eigenvalue weighted by atomic mass is 31.2. The topological polar surface area (TPSA) is 237 Å². The lowest BCUT2D eigenvalue weighted by atomic mass is 9.99. The van der Waals surface area contributed by atoms with Gasteiger partial charge in [-0.3, -0.25) is 37.3 Å². The molecule has 552 valence electrons. The van der Waals surface area contributed by atoms with E-state index in [1.807, 2.05) is 0 Å². The summed E-state index contributed by atoms with van der Waals surface area (Å²) in [7, 11) is -9.90. The maximum absolute atomic E-state index is 13.1. The quantitative estimate of drug-likeness (QED) is 0.0222. The van der Waals surface area contributed by atoms with E-state index >= 15 is 0 Å². The maximum atomic E-state index is 13.1. The number of hydrogen-bond acceptors (Lipinski definition) is 15. The van der Waals surface area contributed by atoms with E-state index in [1.54, 1.807) is 0 Å². The van der Waals surface area contributed by atoms with Gasteiger partial charge in [0.2, 0.25) is 0 Å². The summed E-state index contributed by atoms with van der Waals surface area (Å²) in [5.41, 5.74) is 0. The molecule has 0 aromatic carbocycles. The second-order valence-corrected chi connectivity index (χ2v) is 29.8. The van der Waals surface area contributed by atoms with E-state index in [-0.39, 0.29) is 25.7 Å². The Morgan fingerprint density at radius 2 is 0.516 bits per heavy atom. The second-order valence-electron chi connectivity index (χ2n) is 26.9. The van der Waals surface area contributed by atoms with E-state index in [0.29, 0.717) is 25.7 Å². The fraction of sp³-hybridized carbons (Fsp3) is 0.946. The van der Waals surface area contributed by atoms with Gasteiger partial charge in [0, 0.05) is 25.7 Å². The van der Waals surface area contributed by atoms with E-state index in [9.17, 15) is 43.2 Å². The van der Waals surface area contributed by atoms with Gasteiger partial charge >= 0.3 is 39.5 Å². The lowest BCUT2D eigenvalue weighted by Crippen LogP contribution is -2.30. The monoisotopic (exact) mass is 1370 g/mol. The molecule has 0 aliphatic carbocycles. The van der Waals surface area contributed by atoms with E-state index < -0.39 is 97.5 Å². The second kappa shape index (κ2) is 67.3. The van der Waals surface area contributed by atoms with Crippen molar-refractivity contribution in [3.63, 3.8) is 0 Å². The van der Waals surface area contributed by atoms with Crippen molar-refractivity contribution in [2.75, 3.05) is 39.6 Å². The number of rotatable bonds is 74. The molecule has 0 aromatic heterocycles. The zero-order valence-corrected chi connectivity index (χ0v) is 62.2. The van der Waals surface area contributed by atoms with Gasteiger partial charge in [-0.2, -0.15) is 0 Å². The molecule has 3 unspecified atom stereocenters. The molecule has 93 heavy (non-hydrogen) atoms. The number of unbranched alkanes of at least 4 members (excludes halogenated alkanes) is 45. The molecule has 0 aliphatic rings. The lowest BCUT2D eigenvalue weighted by molar-refractivity contribution is -0.161. The van der Waals surface area contributed by atoms with Gasteiger partial charge in [-0.1, -0.05) is 336 Å². The van der Waals surface area contributed by atoms with Crippen LogP contribution in [0.2, 0.25) is 0 Å². The van der Waals surface area contributed by atoms with Crippen molar-refractivity contribution in [2.24, 2.45) is 5.92 Å². The van der Waals surface area contributed by atoms with Crippen LogP contribution in [0, 0.1) is 5.92 Å². The molecule has 6 atom stereocenters. The Morgan fingerprint density at radius 1 is 0.301 bits per heavy atom. The van der Waals surface area contributed by atoms with Crippen molar-refractivity contribution in [1.82, 2.24) is 0 Å². The largest absolute Gasteiger partial charge is 0.472 e. The highest BCUT2D eigenvalue weighted by molar-refractivity contribution is 7.47. The van der Waals surface area contributed by atoms with Gasteiger partial charge in [0.1, 0.15) is 19.3 Å². The van der Waals surface area contributed by atoms with E-state index in [4.69, 9.17) is 37.0 Å². The van der Waals surface area contributed by atoms with Crippen molar-refractivity contribution < 1.29 is 80.2 Å². The number of esters is 4. The summed E-state index contributed by atoms with van der Waals surface area (Å²) in [6, 6.07) is 0. The molecule has 0 rings (SSSR count). The molecule has 0 fully saturated rings. The third-order valence-corrected chi connectivity index (χ3v) is 19.5. The van der Waals surface area contributed by atoms with Crippen LogP contribution >= 0.6 is 15.6 Å². The normalized spacial score (nSPS) is 14.3. The van der Waals surface area contributed by atoms with Crippen molar-refractivity contribution in [1.29, 1.82) is 0 Å². The van der Waals surface area contributed by atoms with Crippen LogP contribution in [0.3, 0.4) is 0 Å². The first kappa shape index (κ1) is 91.1. The average molecular weight is 1370 g/mol. The van der Waals surface area contributed by atoms with Gasteiger partial charge in [0.15, 0.2) is 12.2 Å². The standard InChI is InChI=1S/C74H144O17P2/c1-6-10-13-16-18-20-22-24-26-27-32-35-39-43-48-53-58-72(77)85-64-70(91-74(79)60-55-50-45-41-37-33-29-28-30-34-38-42-47-51-56-67(5)9-4)66-89-93(82,83)87-62-68(75)61-86-92(80,81)88-65-69(63-84-71(76)57-52-46-15-12-8-3)90-73(78)59-54-49-44-40-36-31-25-23-21-19-17-14-11-7-2/h67-70,75H,6-66H2,1-5H3,(H,80,81)(H,82,83)/t67?,68-,69+,70+/m0/s1. The molecule has 0 aliphatic heterocycles. The Kier molecular flexibility index (Phi) is 65.9. The van der Waals surface area contributed by atoms with Crippen molar-refractivity contribution in [3.8, 4) is 0 Å². The van der Waals surface area contributed by atoms with Gasteiger partial charge in [-0.05, 0) is 31.6 Å². The van der Waals surface area contributed by atoms with E-state index in [2.05, 4.69) is 34.6 Å². The van der Waals surface area contributed by atoms with Crippen molar-refractivity contribution in [3.05, 3.63) is 0 Å². The molecule has 0 bridgehead atoms. The van der Waals surface area contributed by atoms with E-state index in [1.165, 1.54) is 205 Å². The third kappa shape index (κ3) is 67.0. The summed E-state index contributed by atoms with van der Waals surface area (Å²) in [6.45, 7) is 7.25. The Bertz CT molecular complexity index is 1790.